The molecule has 0 heterocycles. The summed E-state index contributed by atoms with van der Waals surface area (Å²) in [4.78, 5) is 2.53. The molecule has 0 fully saturated rings. The first kappa shape index (κ1) is 16.2. The van der Waals surface area contributed by atoms with Crippen molar-refractivity contribution in [3.63, 3.8) is 0 Å². The van der Waals surface area contributed by atoms with Gasteiger partial charge in [-0.15, -0.1) is 0 Å². The van der Waals surface area contributed by atoms with Crippen molar-refractivity contribution in [2.75, 3.05) is 19.6 Å². The van der Waals surface area contributed by atoms with E-state index < -0.39 is 0 Å². The Kier molecular flexibility index (Phi) is 6.02. The Balaban J connectivity index is 2.77. The highest BCUT2D eigenvalue weighted by molar-refractivity contribution is 5.30. The quantitative estimate of drug-likeness (QED) is 0.815. The maximum atomic E-state index is 5.87. The van der Waals surface area contributed by atoms with Gasteiger partial charge in [0.05, 0.1) is 0 Å². The third kappa shape index (κ3) is 5.33. The highest BCUT2D eigenvalue weighted by atomic mass is 15.1. The highest BCUT2D eigenvalue weighted by Gasteiger charge is 2.20. The summed E-state index contributed by atoms with van der Waals surface area (Å²) < 4.78 is 0. The largest absolute Gasteiger partial charge is 0.330 e. The molecule has 0 saturated carbocycles. The van der Waals surface area contributed by atoms with Crippen molar-refractivity contribution in [3.05, 3.63) is 34.9 Å². The molecule has 0 radical (unpaired) electrons. The minimum atomic E-state index is 0.188. The van der Waals surface area contributed by atoms with Crippen LogP contribution in [0.25, 0.3) is 0 Å². The van der Waals surface area contributed by atoms with E-state index in [2.05, 4.69) is 57.7 Å². The number of aryl methyl sites for hydroxylation is 2. The zero-order valence-electron chi connectivity index (χ0n) is 13.3. The Morgan fingerprint density at radius 3 is 2.42 bits per heavy atom. The summed E-state index contributed by atoms with van der Waals surface area (Å²) in [5, 5.41) is 0. The summed E-state index contributed by atoms with van der Waals surface area (Å²) in [5.41, 5.74) is 10.2. The smallest absolute Gasteiger partial charge is 0.0236 e. The summed E-state index contributed by atoms with van der Waals surface area (Å²) in [5.74, 6) is 0. The van der Waals surface area contributed by atoms with E-state index in [0.29, 0.717) is 0 Å². The van der Waals surface area contributed by atoms with Crippen LogP contribution >= 0.6 is 0 Å². The normalized spacial score (nSPS) is 12.2. The molecule has 1 aromatic rings. The van der Waals surface area contributed by atoms with Gasteiger partial charge in [-0.2, -0.15) is 0 Å². The standard InChI is InChI=1S/C17H30N2/c1-6-9-19(13-17(4,5)12-18)11-16-8-7-14(2)10-15(16)3/h7-8,10H,6,9,11-13,18H2,1-5H3. The number of benzene rings is 1. The molecule has 2 nitrogen and oxygen atoms in total. The van der Waals surface area contributed by atoms with Crippen LogP contribution < -0.4 is 5.73 Å². The number of hydrogen-bond donors (Lipinski definition) is 1. The van der Waals surface area contributed by atoms with Crippen molar-refractivity contribution in [2.45, 2.75) is 47.6 Å². The fourth-order valence-corrected chi connectivity index (χ4v) is 2.46. The predicted octanol–water partition coefficient (Wildman–Crippen LogP) is 3.50. The second-order valence-corrected chi connectivity index (χ2v) is 6.51. The van der Waals surface area contributed by atoms with Crippen LogP contribution in [0.4, 0.5) is 0 Å². The van der Waals surface area contributed by atoms with E-state index in [9.17, 15) is 0 Å². The van der Waals surface area contributed by atoms with E-state index in [4.69, 9.17) is 5.73 Å². The van der Waals surface area contributed by atoms with Gasteiger partial charge in [0, 0.05) is 13.1 Å². The molecule has 2 heteroatoms. The van der Waals surface area contributed by atoms with Crippen molar-refractivity contribution in [2.24, 2.45) is 11.1 Å². The van der Waals surface area contributed by atoms with Crippen molar-refractivity contribution in [3.8, 4) is 0 Å². The number of rotatable bonds is 7. The lowest BCUT2D eigenvalue weighted by atomic mass is 9.92. The molecule has 0 bridgehead atoms. The van der Waals surface area contributed by atoms with Crippen LogP contribution in [0.2, 0.25) is 0 Å². The number of nitrogens with two attached hydrogens (primary N) is 1. The first-order valence-electron chi connectivity index (χ1n) is 7.36. The van der Waals surface area contributed by atoms with Gasteiger partial charge in [-0.1, -0.05) is 44.5 Å². The summed E-state index contributed by atoms with van der Waals surface area (Å²) in [6, 6.07) is 6.75. The monoisotopic (exact) mass is 262 g/mol. The van der Waals surface area contributed by atoms with Crippen molar-refractivity contribution >= 4 is 0 Å². The molecule has 0 saturated heterocycles. The van der Waals surface area contributed by atoms with Crippen molar-refractivity contribution in [1.82, 2.24) is 4.90 Å². The van der Waals surface area contributed by atoms with Gasteiger partial charge < -0.3 is 5.73 Å². The molecule has 108 valence electrons. The van der Waals surface area contributed by atoms with Gasteiger partial charge in [0.25, 0.3) is 0 Å². The molecule has 0 unspecified atom stereocenters. The first-order valence-corrected chi connectivity index (χ1v) is 7.36. The van der Waals surface area contributed by atoms with E-state index in [1.54, 1.807) is 0 Å². The molecule has 0 aromatic heterocycles. The van der Waals surface area contributed by atoms with E-state index in [0.717, 1.165) is 26.2 Å². The number of nitrogens with zero attached hydrogens (tertiary/aromatic N) is 1. The van der Waals surface area contributed by atoms with Crippen LogP contribution in [0.3, 0.4) is 0 Å². The van der Waals surface area contributed by atoms with Crippen LogP contribution in [-0.2, 0) is 6.54 Å². The molecule has 2 N–H and O–H groups in total. The molecule has 0 aliphatic rings. The van der Waals surface area contributed by atoms with Gasteiger partial charge in [-0.3, -0.25) is 4.90 Å². The zero-order valence-corrected chi connectivity index (χ0v) is 13.3. The SMILES string of the molecule is CCCN(Cc1ccc(C)cc1C)CC(C)(C)CN. The fourth-order valence-electron chi connectivity index (χ4n) is 2.46. The fraction of sp³-hybridized carbons (Fsp3) is 0.647. The maximum Gasteiger partial charge on any atom is 0.0236 e. The summed E-state index contributed by atoms with van der Waals surface area (Å²) in [7, 11) is 0. The van der Waals surface area contributed by atoms with Crippen molar-refractivity contribution < 1.29 is 0 Å². The molecular weight excluding hydrogens is 232 g/mol. The minimum Gasteiger partial charge on any atom is -0.330 e. The molecule has 0 aliphatic carbocycles. The molecule has 0 atom stereocenters. The lowest BCUT2D eigenvalue weighted by Crippen LogP contribution is -2.38. The lowest BCUT2D eigenvalue weighted by Gasteiger charge is -2.32. The van der Waals surface area contributed by atoms with Gasteiger partial charge in [-0.25, -0.2) is 0 Å². The average molecular weight is 262 g/mol. The molecule has 1 aromatic carbocycles. The molecule has 0 aliphatic heterocycles. The van der Waals surface area contributed by atoms with Crippen LogP contribution in [0, 0.1) is 19.3 Å². The Hall–Kier alpha value is -0.860. The maximum absolute atomic E-state index is 5.87. The molecule has 19 heavy (non-hydrogen) atoms. The Bertz CT molecular complexity index is 396. The van der Waals surface area contributed by atoms with Gasteiger partial charge in [0.15, 0.2) is 0 Å². The summed E-state index contributed by atoms with van der Waals surface area (Å²) in [6.45, 7) is 15.1. The van der Waals surface area contributed by atoms with Gasteiger partial charge in [0.1, 0.15) is 0 Å². The Labute approximate surface area is 119 Å². The third-order valence-corrected chi connectivity index (χ3v) is 3.64. The summed E-state index contributed by atoms with van der Waals surface area (Å²) in [6.07, 6.45) is 1.19. The Morgan fingerprint density at radius 1 is 1.21 bits per heavy atom. The molecule has 1 rings (SSSR count). The number of hydrogen-bond acceptors (Lipinski definition) is 2. The Morgan fingerprint density at radius 2 is 1.89 bits per heavy atom. The lowest BCUT2D eigenvalue weighted by molar-refractivity contribution is 0.175. The van der Waals surface area contributed by atoms with Gasteiger partial charge >= 0.3 is 0 Å². The molecule has 0 spiro atoms. The van der Waals surface area contributed by atoms with Crippen LogP contribution in [0.15, 0.2) is 18.2 Å². The van der Waals surface area contributed by atoms with Crippen LogP contribution in [0.1, 0.15) is 43.9 Å². The second-order valence-electron chi connectivity index (χ2n) is 6.51. The first-order chi connectivity index (χ1) is 8.88. The summed E-state index contributed by atoms with van der Waals surface area (Å²) >= 11 is 0. The van der Waals surface area contributed by atoms with Gasteiger partial charge in [0.2, 0.25) is 0 Å². The average Bonchev–Trinajstić information content (AvgIpc) is 2.32. The molecule has 0 amide bonds. The minimum absolute atomic E-state index is 0.188. The van der Waals surface area contributed by atoms with E-state index in [1.807, 2.05) is 0 Å². The highest BCUT2D eigenvalue weighted by Crippen LogP contribution is 2.19. The third-order valence-electron chi connectivity index (χ3n) is 3.64. The van der Waals surface area contributed by atoms with E-state index >= 15 is 0 Å². The predicted molar refractivity (Wildman–Crippen MR) is 84.3 cm³/mol. The molecular formula is C17H30N2. The van der Waals surface area contributed by atoms with E-state index in [-0.39, 0.29) is 5.41 Å². The topological polar surface area (TPSA) is 29.3 Å². The van der Waals surface area contributed by atoms with E-state index in [1.165, 1.54) is 23.1 Å². The van der Waals surface area contributed by atoms with Crippen LogP contribution in [-0.4, -0.2) is 24.5 Å². The van der Waals surface area contributed by atoms with Crippen LogP contribution in [0.5, 0.6) is 0 Å². The second kappa shape index (κ2) is 7.06. The van der Waals surface area contributed by atoms with Crippen molar-refractivity contribution in [1.29, 1.82) is 0 Å². The zero-order chi connectivity index (χ0) is 14.5. The van der Waals surface area contributed by atoms with Gasteiger partial charge in [-0.05, 0) is 49.9 Å².